The predicted octanol–water partition coefficient (Wildman–Crippen LogP) is 4.08. The molecule has 8 nitrogen and oxygen atoms in total. The van der Waals surface area contributed by atoms with Gasteiger partial charge in [-0.05, 0) is 38.1 Å². The number of carbonyl (C=O) groups is 2. The molecule has 0 amide bonds. The monoisotopic (exact) mass is 436 g/mol. The maximum absolute atomic E-state index is 12.7. The summed E-state index contributed by atoms with van der Waals surface area (Å²) in [5.41, 5.74) is 8.58. The Balaban J connectivity index is 1.90. The number of nitrogens with zero attached hydrogens (tertiary/aromatic N) is 2. The number of para-hydroxylation sites is 2. The SMILES string of the molecule is CCOC(=O)[C@H]1CC(=NNc2ccccc2)[C@@H](C(=O)OCC)CC1=NNc1ccccc1. The van der Waals surface area contributed by atoms with Gasteiger partial charge in [0.1, 0.15) is 11.8 Å². The van der Waals surface area contributed by atoms with Crippen LogP contribution in [0, 0.1) is 11.8 Å². The highest BCUT2D eigenvalue weighted by Crippen LogP contribution is 2.28. The van der Waals surface area contributed by atoms with Gasteiger partial charge in [-0.15, -0.1) is 0 Å². The number of rotatable bonds is 8. The maximum Gasteiger partial charge on any atom is 0.315 e. The number of esters is 2. The molecule has 0 spiro atoms. The van der Waals surface area contributed by atoms with Gasteiger partial charge in [0.25, 0.3) is 0 Å². The van der Waals surface area contributed by atoms with Crippen LogP contribution in [0.25, 0.3) is 0 Å². The molecule has 2 aromatic carbocycles. The van der Waals surface area contributed by atoms with Crippen LogP contribution in [0.2, 0.25) is 0 Å². The summed E-state index contributed by atoms with van der Waals surface area (Å²) in [6.07, 6.45) is 0.412. The number of hydrogen-bond acceptors (Lipinski definition) is 8. The minimum absolute atomic E-state index is 0.206. The standard InChI is InChI=1S/C24H28N4O4/c1-3-31-23(29)19-15-22(28-26-18-13-9-6-10-14-18)20(24(30)32-4-2)16-21(19)27-25-17-11-7-5-8-12-17/h5-14,19-20,25-26H,3-4,15-16H2,1-2H3/t19-,20-/m0/s1. The molecule has 1 fully saturated rings. The molecule has 2 N–H and O–H groups in total. The Kier molecular flexibility index (Phi) is 8.36. The first-order valence-corrected chi connectivity index (χ1v) is 10.7. The van der Waals surface area contributed by atoms with Crippen LogP contribution in [0.3, 0.4) is 0 Å². The second-order valence-corrected chi connectivity index (χ2v) is 7.18. The van der Waals surface area contributed by atoms with Gasteiger partial charge in [-0.25, -0.2) is 0 Å². The van der Waals surface area contributed by atoms with Crippen LogP contribution in [0.15, 0.2) is 70.9 Å². The molecule has 1 aliphatic carbocycles. The maximum atomic E-state index is 12.7. The number of ether oxygens (including phenoxy) is 2. The molecular weight excluding hydrogens is 408 g/mol. The number of hydrogen-bond donors (Lipinski definition) is 2. The largest absolute Gasteiger partial charge is 0.465 e. The van der Waals surface area contributed by atoms with E-state index in [-0.39, 0.29) is 26.1 Å². The molecule has 8 heteroatoms. The summed E-state index contributed by atoms with van der Waals surface area (Å²) in [4.78, 5) is 25.4. The summed E-state index contributed by atoms with van der Waals surface area (Å²) < 4.78 is 10.6. The smallest absolute Gasteiger partial charge is 0.315 e. The summed E-state index contributed by atoms with van der Waals surface area (Å²) in [6.45, 7) is 4.02. The summed E-state index contributed by atoms with van der Waals surface area (Å²) in [7, 11) is 0. The van der Waals surface area contributed by atoms with Crippen molar-refractivity contribution in [3.8, 4) is 0 Å². The van der Waals surface area contributed by atoms with Gasteiger partial charge in [0, 0.05) is 12.8 Å². The van der Waals surface area contributed by atoms with E-state index in [1.54, 1.807) is 13.8 Å². The molecular formula is C24H28N4O4. The van der Waals surface area contributed by atoms with E-state index in [0.717, 1.165) is 11.4 Å². The number of nitrogens with one attached hydrogen (secondary N) is 2. The van der Waals surface area contributed by atoms with E-state index in [2.05, 4.69) is 21.1 Å². The molecule has 0 aliphatic heterocycles. The topological polar surface area (TPSA) is 101 Å². The number of hydrazone groups is 2. The van der Waals surface area contributed by atoms with E-state index in [9.17, 15) is 9.59 Å². The van der Waals surface area contributed by atoms with Crippen molar-refractivity contribution < 1.29 is 19.1 Å². The van der Waals surface area contributed by atoms with Gasteiger partial charge in [-0.1, -0.05) is 36.4 Å². The molecule has 0 aromatic heterocycles. The van der Waals surface area contributed by atoms with E-state index >= 15 is 0 Å². The second-order valence-electron chi connectivity index (χ2n) is 7.18. The van der Waals surface area contributed by atoms with E-state index in [4.69, 9.17) is 9.47 Å². The van der Waals surface area contributed by atoms with Crippen LogP contribution in [0.5, 0.6) is 0 Å². The van der Waals surface area contributed by atoms with Crippen LogP contribution in [-0.4, -0.2) is 36.6 Å². The zero-order chi connectivity index (χ0) is 22.8. The number of carbonyl (C=O) groups excluding carboxylic acids is 2. The van der Waals surface area contributed by atoms with Crippen LogP contribution in [0.4, 0.5) is 11.4 Å². The Labute approximate surface area is 187 Å². The predicted molar refractivity (Wildman–Crippen MR) is 124 cm³/mol. The Morgan fingerprint density at radius 3 is 1.47 bits per heavy atom. The quantitative estimate of drug-likeness (QED) is 0.478. The van der Waals surface area contributed by atoms with Crippen molar-refractivity contribution in [2.75, 3.05) is 24.1 Å². The third-order valence-electron chi connectivity index (χ3n) is 4.98. The highest BCUT2D eigenvalue weighted by Gasteiger charge is 2.41. The van der Waals surface area contributed by atoms with Gasteiger partial charge in [0.05, 0.1) is 36.0 Å². The fourth-order valence-electron chi connectivity index (χ4n) is 3.41. The molecule has 0 radical (unpaired) electrons. The highest BCUT2D eigenvalue weighted by atomic mass is 16.5. The molecule has 1 aliphatic rings. The molecule has 0 saturated heterocycles. The molecule has 32 heavy (non-hydrogen) atoms. The Morgan fingerprint density at radius 2 is 1.12 bits per heavy atom. The Bertz CT molecular complexity index is 881. The van der Waals surface area contributed by atoms with Crippen LogP contribution < -0.4 is 10.9 Å². The first-order valence-electron chi connectivity index (χ1n) is 10.7. The van der Waals surface area contributed by atoms with Gasteiger partial charge in [-0.3, -0.25) is 20.4 Å². The fraction of sp³-hybridized carbons (Fsp3) is 0.333. The van der Waals surface area contributed by atoms with Gasteiger partial charge in [0.2, 0.25) is 0 Å². The highest BCUT2D eigenvalue weighted by molar-refractivity contribution is 6.16. The van der Waals surface area contributed by atoms with E-state index in [0.29, 0.717) is 11.4 Å². The lowest BCUT2D eigenvalue weighted by Gasteiger charge is -2.29. The van der Waals surface area contributed by atoms with Crippen molar-refractivity contribution in [2.45, 2.75) is 26.7 Å². The molecule has 2 aromatic rings. The normalized spacial score (nSPS) is 20.6. The van der Waals surface area contributed by atoms with Crippen molar-refractivity contribution in [3.05, 3.63) is 60.7 Å². The third-order valence-corrected chi connectivity index (χ3v) is 4.98. The van der Waals surface area contributed by atoms with Gasteiger partial charge in [0.15, 0.2) is 0 Å². The lowest BCUT2D eigenvalue weighted by atomic mass is 9.78. The number of anilines is 2. The summed E-state index contributed by atoms with van der Waals surface area (Å²) in [6, 6.07) is 18.8. The molecule has 1 saturated carbocycles. The molecule has 0 unspecified atom stereocenters. The fourth-order valence-corrected chi connectivity index (χ4v) is 3.41. The summed E-state index contributed by atoms with van der Waals surface area (Å²) in [5, 5.41) is 8.93. The van der Waals surface area contributed by atoms with Gasteiger partial charge in [-0.2, -0.15) is 10.2 Å². The van der Waals surface area contributed by atoms with Crippen LogP contribution in [0.1, 0.15) is 26.7 Å². The number of benzene rings is 2. The van der Waals surface area contributed by atoms with Crippen molar-refractivity contribution >= 4 is 34.7 Å². The average Bonchev–Trinajstić information content (AvgIpc) is 2.83. The minimum Gasteiger partial charge on any atom is -0.465 e. The second kappa shape index (κ2) is 11.6. The molecule has 168 valence electrons. The van der Waals surface area contributed by atoms with Gasteiger partial charge < -0.3 is 9.47 Å². The van der Waals surface area contributed by atoms with E-state index < -0.39 is 23.8 Å². The average molecular weight is 437 g/mol. The first kappa shape index (κ1) is 23.0. The molecule has 0 bridgehead atoms. The van der Waals surface area contributed by atoms with Crippen molar-refractivity contribution in [2.24, 2.45) is 22.0 Å². The summed E-state index contributed by atoms with van der Waals surface area (Å²) >= 11 is 0. The molecule has 2 atom stereocenters. The minimum atomic E-state index is -0.645. The first-order chi connectivity index (χ1) is 15.6. The zero-order valence-corrected chi connectivity index (χ0v) is 18.3. The van der Waals surface area contributed by atoms with Crippen molar-refractivity contribution in [1.29, 1.82) is 0 Å². The van der Waals surface area contributed by atoms with Crippen molar-refractivity contribution in [3.63, 3.8) is 0 Å². The lowest BCUT2D eigenvalue weighted by molar-refractivity contribution is -0.148. The Hall–Kier alpha value is -3.68. The van der Waals surface area contributed by atoms with Crippen LogP contribution >= 0.6 is 0 Å². The zero-order valence-electron chi connectivity index (χ0n) is 18.3. The third kappa shape index (κ3) is 6.16. The van der Waals surface area contributed by atoms with E-state index in [1.165, 1.54) is 0 Å². The van der Waals surface area contributed by atoms with Gasteiger partial charge >= 0.3 is 11.9 Å². The molecule has 0 heterocycles. The summed E-state index contributed by atoms with van der Waals surface area (Å²) in [5.74, 6) is -2.08. The van der Waals surface area contributed by atoms with E-state index in [1.807, 2.05) is 60.7 Å². The Morgan fingerprint density at radius 1 is 0.750 bits per heavy atom. The lowest BCUT2D eigenvalue weighted by Crippen LogP contribution is -2.42. The molecule has 3 rings (SSSR count). The van der Waals surface area contributed by atoms with Crippen molar-refractivity contribution in [1.82, 2.24) is 0 Å². The van der Waals surface area contributed by atoms with Crippen LogP contribution in [-0.2, 0) is 19.1 Å².